The summed E-state index contributed by atoms with van der Waals surface area (Å²) in [5, 5.41) is 4.16. The van der Waals surface area contributed by atoms with Gasteiger partial charge in [0, 0.05) is 25.4 Å². The molecule has 0 amide bonds. The molecule has 0 aliphatic rings. The lowest BCUT2D eigenvalue weighted by atomic mass is 10.1. The summed E-state index contributed by atoms with van der Waals surface area (Å²) in [6.45, 7) is 0.365. The number of hydrogen-bond acceptors (Lipinski definition) is 4. The second kappa shape index (κ2) is 7.18. The van der Waals surface area contributed by atoms with Crippen molar-refractivity contribution in [2.45, 2.75) is 10.6 Å². The molecule has 5 nitrogen and oxygen atoms in total. The molecule has 8 heteroatoms. The van der Waals surface area contributed by atoms with Crippen LogP contribution >= 0.6 is 27.3 Å². The third kappa shape index (κ3) is 4.13. The molecular formula is C16H16BrN3O2S2. The Morgan fingerprint density at radius 1 is 1.17 bits per heavy atom. The van der Waals surface area contributed by atoms with E-state index < -0.39 is 10.0 Å². The second-order valence-electron chi connectivity index (χ2n) is 5.31. The van der Waals surface area contributed by atoms with Gasteiger partial charge in [0.1, 0.15) is 4.21 Å². The average Bonchev–Trinajstić information content (AvgIpc) is 3.17. The van der Waals surface area contributed by atoms with E-state index in [0.29, 0.717) is 17.2 Å². The minimum absolute atomic E-state index is 0.321. The lowest BCUT2D eigenvalue weighted by Crippen LogP contribution is -2.25. The molecule has 0 atom stereocenters. The van der Waals surface area contributed by atoms with Crippen LogP contribution < -0.4 is 4.72 Å². The fraction of sp³-hybridized carbons (Fsp3) is 0.188. The quantitative estimate of drug-likeness (QED) is 0.657. The third-order valence-electron chi connectivity index (χ3n) is 3.51. The van der Waals surface area contributed by atoms with Gasteiger partial charge in [0.15, 0.2) is 0 Å². The van der Waals surface area contributed by atoms with Crippen molar-refractivity contribution in [3.8, 4) is 11.1 Å². The van der Waals surface area contributed by atoms with Crippen LogP contribution in [0.2, 0.25) is 0 Å². The Kier molecular flexibility index (Phi) is 5.19. The smallest absolute Gasteiger partial charge is 0.250 e. The van der Waals surface area contributed by atoms with Gasteiger partial charge in [0.2, 0.25) is 10.0 Å². The summed E-state index contributed by atoms with van der Waals surface area (Å²) in [6, 6.07) is 11.4. The lowest BCUT2D eigenvalue weighted by molar-refractivity contribution is 0.584. The SMILES string of the molecule is Cn1cc(-c2ccc(CCNS(=O)(=O)c3ccc(Br)s3)cc2)cn1. The first-order valence-corrected chi connectivity index (χ1v) is 10.4. The van der Waals surface area contributed by atoms with Crippen molar-refractivity contribution in [1.29, 1.82) is 0 Å². The van der Waals surface area contributed by atoms with Gasteiger partial charge in [-0.05, 0) is 45.6 Å². The fourth-order valence-electron chi connectivity index (χ4n) is 2.28. The second-order valence-corrected chi connectivity index (χ2v) is 9.76. The Hall–Kier alpha value is -1.48. The number of halogens is 1. The topological polar surface area (TPSA) is 64.0 Å². The number of aryl methyl sites for hydroxylation is 1. The van der Waals surface area contributed by atoms with E-state index in [-0.39, 0.29) is 0 Å². The molecule has 3 rings (SSSR count). The maximum Gasteiger partial charge on any atom is 0.250 e. The number of sulfonamides is 1. The molecule has 0 spiro atoms. The minimum Gasteiger partial charge on any atom is -0.275 e. The van der Waals surface area contributed by atoms with Crippen LogP contribution in [0.1, 0.15) is 5.56 Å². The molecule has 0 fully saturated rings. The Labute approximate surface area is 153 Å². The van der Waals surface area contributed by atoms with Crippen LogP contribution in [0.4, 0.5) is 0 Å². The zero-order valence-corrected chi connectivity index (χ0v) is 16.2. The number of nitrogens with zero attached hydrogens (tertiary/aromatic N) is 2. The van der Waals surface area contributed by atoms with Gasteiger partial charge in [-0.2, -0.15) is 5.10 Å². The molecule has 1 N–H and O–H groups in total. The van der Waals surface area contributed by atoms with Crippen LogP contribution in [0.3, 0.4) is 0 Å². The summed E-state index contributed by atoms with van der Waals surface area (Å²) >= 11 is 4.48. The summed E-state index contributed by atoms with van der Waals surface area (Å²) in [5.74, 6) is 0. The highest BCUT2D eigenvalue weighted by molar-refractivity contribution is 9.11. The van der Waals surface area contributed by atoms with E-state index in [2.05, 4.69) is 25.8 Å². The molecule has 126 valence electrons. The molecule has 0 aliphatic heterocycles. The predicted molar refractivity (Wildman–Crippen MR) is 99.6 cm³/mol. The largest absolute Gasteiger partial charge is 0.275 e. The predicted octanol–water partition coefficient (Wildman–Crippen LogP) is 3.43. The zero-order valence-electron chi connectivity index (χ0n) is 12.9. The molecule has 0 saturated heterocycles. The average molecular weight is 426 g/mol. The van der Waals surface area contributed by atoms with Gasteiger partial charge in [0.05, 0.1) is 9.98 Å². The summed E-state index contributed by atoms with van der Waals surface area (Å²) in [7, 11) is -1.55. The third-order valence-corrected chi connectivity index (χ3v) is 7.09. The normalized spacial score (nSPS) is 11.8. The van der Waals surface area contributed by atoms with E-state index in [4.69, 9.17) is 0 Å². The molecule has 3 aromatic rings. The first-order chi connectivity index (χ1) is 11.4. The Balaban J connectivity index is 1.59. The van der Waals surface area contributed by atoms with Gasteiger partial charge >= 0.3 is 0 Å². The fourth-order valence-corrected chi connectivity index (χ4v) is 5.36. The van der Waals surface area contributed by atoms with Crippen LogP contribution in [0.15, 0.2) is 56.8 Å². The molecule has 0 saturated carbocycles. The van der Waals surface area contributed by atoms with Gasteiger partial charge in [-0.3, -0.25) is 4.68 Å². The summed E-state index contributed by atoms with van der Waals surface area (Å²) < 4.78 is 29.8. The minimum atomic E-state index is -3.43. The number of hydrogen-bond donors (Lipinski definition) is 1. The number of thiophene rings is 1. The maximum absolute atomic E-state index is 12.1. The van der Waals surface area contributed by atoms with Crippen molar-refractivity contribution in [3.05, 3.63) is 58.1 Å². The van der Waals surface area contributed by atoms with E-state index in [0.717, 1.165) is 20.5 Å². The lowest BCUT2D eigenvalue weighted by Gasteiger charge is -2.06. The van der Waals surface area contributed by atoms with Gasteiger partial charge in [-0.15, -0.1) is 11.3 Å². The molecule has 2 heterocycles. The molecule has 0 bridgehead atoms. The van der Waals surface area contributed by atoms with Gasteiger partial charge in [-0.25, -0.2) is 13.1 Å². The van der Waals surface area contributed by atoms with Crippen LogP contribution in [-0.2, 0) is 23.5 Å². The Morgan fingerprint density at radius 3 is 2.50 bits per heavy atom. The molecule has 1 aromatic carbocycles. The highest BCUT2D eigenvalue weighted by Gasteiger charge is 2.15. The maximum atomic E-state index is 12.1. The molecular weight excluding hydrogens is 410 g/mol. The highest BCUT2D eigenvalue weighted by Crippen LogP contribution is 2.25. The van der Waals surface area contributed by atoms with Crippen molar-refractivity contribution in [2.75, 3.05) is 6.54 Å². The van der Waals surface area contributed by atoms with Crippen molar-refractivity contribution in [3.63, 3.8) is 0 Å². The van der Waals surface area contributed by atoms with E-state index in [1.807, 2.05) is 43.7 Å². The molecule has 0 aliphatic carbocycles. The van der Waals surface area contributed by atoms with Crippen LogP contribution in [0, 0.1) is 0 Å². The van der Waals surface area contributed by atoms with Crippen molar-refractivity contribution < 1.29 is 8.42 Å². The van der Waals surface area contributed by atoms with Crippen molar-refractivity contribution in [2.24, 2.45) is 7.05 Å². The van der Waals surface area contributed by atoms with E-state index in [9.17, 15) is 8.42 Å². The van der Waals surface area contributed by atoms with Crippen LogP contribution in [0.5, 0.6) is 0 Å². The Morgan fingerprint density at radius 2 is 1.92 bits per heavy atom. The van der Waals surface area contributed by atoms with Gasteiger partial charge in [0.25, 0.3) is 0 Å². The highest BCUT2D eigenvalue weighted by atomic mass is 79.9. The Bertz CT molecular complexity index is 930. The zero-order chi connectivity index (χ0) is 17.2. The van der Waals surface area contributed by atoms with Gasteiger partial charge in [-0.1, -0.05) is 24.3 Å². The number of nitrogens with one attached hydrogen (secondary N) is 1. The van der Waals surface area contributed by atoms with Crippen LogP contribution in [0.25, 0.3) is 11.1 Å². The van der Waals surface area contributed by atoms with Crippen LogP contribution in [-0.4, -0.2) is 24.7 Å². The summed E-state index contributed by atoms with van der Waals surface area (Å²) in [4.78, 5) is 0. The van der Waals surface area contributed by atoms with Gasteiger partial charge < -0.3 is 0 Å². The molecule has 0 radical (unpaired) electrons. The first-order valence-electron chi connectivity index (χ1n) is 7.27. The molecule has 24 heavy (non-hydrogen) atoms. The summed E-state index contributed by atoms with van der Waals surface area (Å²) in [6.07, 6.45) is 4.42. The van der Waals surface area contributed by atoms with E-state index in [1.54, 1.807) is 16.8 Å². The van der Waals surface area contributed by atoms with E-state index >= 15 is 0 Å². The molecule has 0 unspecified atom stereocenters. The number of benzene rings is 1. The van der Waals surface area contributed by atoms with Crippen molar-refractivity contribution in [1.82, 2.24) is 14.5 Å². The molecule has 2 aromatic heterocycles. The number of rotatable bonds is 6. The van der Waals surface area contributed by atoms with E-state index in [1.165, 1.54) is 11.3 Å². The standard InChI is InChI=1S/C16H16BrN3O2S2/c1-20-11-14(10-18-20)13-4-2-12(3-5-13)8-9-19-24(21,22)16-7-6-15(17)23-16/h2-7,10-11,19H,8-9H2,1H3. The monoisotopic (exact) mass is 425 g/mol. The first kappa shape index (κ1) is 17.3. The van der Waals surface area contributed by atoms with Crippen molar-refractivity contribution >= 4 is 37.3 Å². The summed E-state index contributed by atoms with van der Waals surface area (Å²) in [5.41, 5.74) is 3.24. The number of aromatic nitrogens is 2.